The van der Waals surface area contributed by atoms with Gasteiger partial charge in [-0.05, 0) is 43.3 Å². The zero-order valence-electron chi connectivity index (χ0n) is 15.6. The van der Waals surface area contributed by atoms with Gasteiger partial charge in [-0.2, -0.15) is 0 Å². The van der Waals surface area contributed by atoms with Crippen molar-refractivity contribution in [1.82, 2.24) is 5.32 Å². The molecule has 6 heteroatoms. The first-order valence-electron chi connectivity index (χ1n) is 9.16. The maximum Gasteiger partial charge on any atom is 0.124 e. The van der Waals surface area contributed by atoms with Crippen LogP contribution in [0.1, 0.15) is 50.2 Å². The van der Waals surface area contributed by atoms with Crippen molar-refractivity contribution in [2.24, 2.45) is 0 Å². The van der Waals surface area contributed by atoms with Gasteiger partial charge in [-0.3, -0.25) is 0 Å². The zero-order chi connectivity index (χ0) is 18.8. The Morgan fingerprint density at radius 3 is 2.48 bits per heavy atom. The molecule has 0 bridgehead atoms. The van der Waals surface area contributed by atoms with Gasteiger partial charge >= 0.3 is 0 Å². The number of ether oxygens (including phenoxy) is 1. The SMILES string of the molecule is CCCCCCCNCc1cc(Br)ccc1OCc1ccc(Cl)cc1Cl.Cl. The summed E-state index contributed by atoms with van der Waals surface area (Å²) in [5.41, 5.74) is 2.06. The van der Waals surface area contributed by atoms with E-state index in [1.54, 1.807) is 6.07 Å². The monoisotopic (exact) mass is 493 g/mol. The molecule has 2 aromatic rings. The summed E-state index contributed by atoms with van der Waals surface area (Å²) >= 11 is 15.7. The van der Waals surface area contributed by atoms with Gasteiger partial charge in [-0.1, -0.05) is 77.8 Å². The molecule has 150 valence electrons. The molecule has 27 heavy (non-hydrogen) atoms. The Morgan fingerprint density at radius 1 is 0.963 bits per heavy atom. The Labute approximate surface area is 187 Å². The minimum atomic E-state index is 0. The van der Waals surface area contributed by atoms with Crippen LogP contribution in [0, 0.1) is 0 Å². The molecule has 2 nitrogen and oxygen atoms in total. The van der Waals surface area contributed by atoms with Crippen molar-refractivity contribution in [2.75, 3.05) is 6.54 Å². The van der Waals surface area contributed by atoms with E-state index >= 15 is 0 Å². The molecule has 0 heterocycles. The van der Waals surface area contributed by atoms with Crippen molar-refractivity contribution in [3.63, 3.8) is 0 Å². The lowest BCUT2D eigenvalue weighted by Crippen LogP contribution is -2.15. The summed E-state index contributed by atoms with van der Waals surface area (Å²) in [5.74, 6) is 0.873. The van der Waals surface area contributed by atoms with Crippen LogP contribution in [-0.4, -0.2) is 6.54 Å². The Hall–Kier alpha value is -0.450. The van der Waals surface area contributed by atoms with Gasteiger partial charge in [0.25, 0.3) is 0 Å². The highest BCUT2D eigenvalue weighted by Crippen LogP contribution is 2.26. The summed E-state index contributed by atoms with van der Waals surface area (Å²) < 4.78 is 7.07. The van der Waals surface area contributed by atoms with Crippen LogP contribution in [0.2, 0.25) is 10.0 Å². The van der Waals surface area contributed by atoms with Gasteiger partial charge in [0.05, 0.1) is 0 Å². The van der Waals surface area contributed by atoms with Gasteiger partial charge in [0, 0.05) is 32.2 Å². The third-order valence-corrected chi connectivity index (χ3v) is 5.27. The number of unbranched alkanes of at least 4 members (excludes halogenated alkanes) is 4. The highest BCUT2D eigenvalue weighted by atomic mass is 79.9. The fourth-order valence-electron chi connectivity index (χ4n) is 2.70. The van der Waals surface area contributed by atoms with Gasteiger partial charge in [0.1, 0.15) is 12.4 Å². The fraction of sp³-hybridized carbons (Fsp3) is 0.429. The summed E-state index contributed by atoms with van der Waals surface area (Å²) in [6.45, 7) is 4.47. The largest absolute Gasteiger partial charge is 0.489 e. The Balaban J connectivity index is 0.00000364. The normalized spacial score (nSPS) is 10.5. The van der Waals surface area contributed by atoms with Crippen LogP contribution >= 0.6 is 51.5 Å². The summed E-state index contributed by atoms with van der Waals surface area (Å²) in [5, 5.41) is 4.78. The third kappa shape index (κ3) is 9.06. The molecular formula is C21H27BrCl3NO. The molecule has 0 aliphatic heterocycles. The lowest BCUT2D eigenvalue weighted by atomic mass is 10.1. The Bertz CT molecular complexity index is 697. The second-order valence-electron chi connectivity index (χ2n) is 6.37. The quantitative estimate of drug-likeness (QED) is 0.321. The van der Waals surface area contributed by atoms with Crippen molar-refractivity contribution in [2.45, 2.75) is 52.2 Å². The lowest BCUT2D eigenvalue weighted by molar-refractivity contribution is 0.302. The standard InChI is InChI=1S/C21H26BrCl2NO.ClH/c1-2-3-4-5-6-11-25-14-17-12-18(22)8-10-21(17)26-15-16-7-9-19(23)13-20(16)24;/h7-10,12-13,25H,2-6,11,14-15H2,1H3;1H. The molecule has 2 aromatic carbocycles. The average Bonchev–Trinajstić information content (AvgIpc) is 2.61. The van der Waals surface area contributed by atoms with E-state index in [9.17, 15) is 0 Å². The molecule has 0 radical (unpaired) electrons. The molecule has 0 aliphatic carbocycles. The summed E-state index contributed by atoms with van der Waals surface area (Å²) in [6.07, 6.45) is 6.44. The topological polar surface area (TPSA) is 21.3 Å². The van der Waals surface area contributed by atoms with Crippen LogP contribution in [0.5, 0.6) is 5.75 Å². The molecule has 0 aliphatic rings. The minimum absolute atomic E-state index is 0. The first kappa shape index (κ1) is 24.6. The Morgan fingerprint density at radius 2 is 1.74 bits per heavy atom. The van der Waals surface area contributed by atoms with Gasteiger partial charge in [0.2, 0.25) is 0 Å². The number of hydrogen-bond donors (Lipinski definition) is 1. The fourth-order valence-corrected chi connectivity index (χ4v) is 3.57. The molecular weight excluding hydrogens is 469 g/mol. The maximum atomic E-state index is 6.23. The van der Waals surface area contributed by atoms with Crippen molar-refractivity contribution in [1.29, 1.82) is 0 Å². The van der Waals surface area contributed by atoms with Gasteiger partial charge < -0.3 is 10.1 Å². The van der Waals surface area contributed by atoms with Crippen molar-refractivity contribution in [3.8, 4) is 5.75 Å². The number of nitrogens with one attached hydrogen (secondary N) is 1. The molecule has 0 spiro atoms. The molecule has 1 N–H and O–H groups in total. The van der Waals surface area contributed by atoms with E-state index in [0.717, 1.165) is 34.4 Å². The van der Waals surface area contributed by atoms with Gasteiger partial charge in [-0.15, -0.1) is 12.4 Å². The summed E-state index contributed by atoms with van der Waals surface area (Å²) in [6, 6.07) is 11.6. The second-order valence-corrected chi connectivity index (χ2v) is 8.13. The van der Waals surface area contributed by atoms with Crippen LogP contribution in [0.15, 0.2) is 40.9 Å². The van der Waals surface area contributed by atoms with Crippen LogP contribution in [0.3, 0.4) is 0 Å². The average molecular weight is 496 g/mol. The first-order valence-corrected chi connectivity index (χ1v) is 10.7. The maximum absolute atomic E-state index is 6.23. The number of benzene rings is 2. The van der Waals surface area contributed by atoms with Crippen LogP contribution in [0.25, 0.3) is 0 Å². The molecule has 0 unspecified atom stereocenters. The molecule has 0 fully saturated rings. The van der Waals surface area contributed by atoms with Crippen molar-refractivity contribution < 1.29 is 4.74 Å². The predicted octanol–water partition coefficient (Wildman–Crippen LogP) is 7.82. The zero-order valence-corrected chi connectivity index (χ0v) is 19.5. The van der Waals surface area contributed by atoms with E-state index in [2.05, 4.69) is 34.2 Å². The molecule has 0 amide bonds. The molecule has 2 rings (SSSR count). The number of rotatable bonds is 11. The predicted molar refractivity (Wildman–Crippen MR) is 123 cm³/mol. The van der Waals surface area contributed by atoms with E-state index in [-0.39, 0.29) is 12.4 Å². The highest BCUT2D eigenvalue weighted by molar-refractivity contribution is 9.10. The second kappa shape index (κ2) is 13.7. The van der Waals surface area contributed by atoms with E-state index < -0.39 is 0 Å². The van der Waals surface area contributed by atoms with Crippen LogP contribution in [0.4, 0.5) is 0 Å². The summed E-state index contributed by atoms with van der Waals surface area (Å²) in [4.78, 5) is 0. The summed E-state index contributed by atoms with van der Waals surface area (Å²) in [7, 11) is 0. The van der Waals surface area contributed by atoms with E-state index in [0.29, 0.717) is 16.7 Å². The first-order chi connectivity index (χ1) is 12.6. The third-order valence-electron chi connectivity index (χ3n) is 4.19. The van der Waals surface area contributed by atoms with Crippen LogP contribution in [-0.2, 0) is 13.2 Å². The number of hydrogen-bond acceptors (Lipinski definition) is 2. The molecule has 0 saturated heterocycles. The van der Waals surface area contributed by atoms with Gasteiger partial charge in [-0.25, -0.2) is 0 Å². The van der Waals surface area contributed by atoms with E-state index in [1.807, 2.05) is 24.3 Å². The molecule has 0 aromatic heterocycles. The lowest BCUT2D eigenvalue weighted by Gasteiger charge is -2.14. The highest BCUT2D eigenvalue weighted by Gasteiger charge is 2.07. The Kier molecular flexibility index (Phi) is 12.5. The molecule has 0 saturated carbocycles. The van der Waals surface area contributed by atoms with Crippen molar-refractivity contribution in [3.05, 3.63) is 62.0 Å². The number of halogens is 4. The minimum Gasteiger partial charge on any atom is -0.489 e. The van der Waals surface area contributed by atoms with Gasteiger partial charge in [0.15, 0.2) is 0 Å². The molecule has 0 atom stereocenters. The van der Waals surface area contributed by atoms with E-state index in [4.69, 9.17) is 27.9 Å². The van der Waals surface area contributed by atoms with Crippen LogP contribution < -0.4 is 10.1 Å². The van der Waals surface area contributed by atoms with E-state index in [1.165, 1.54) is 32.1 Å². The van der Waals surface area contributed by atoms with Crippen molar-refractivity contribution >= 4 is 51.5 Å². The smallest absolute Gasteiger partial charge is 0.124 e.